The highest BCUT2D eigenvalue weighted by atomic mass is 15.2. The van der Waals surface area contributed by atoms with Crippen LogP contribution in [-0.4, -0.2) is 22.4 Å². The molecule has 3 heteroatoms. The van der Waals surface area contributed by atoms with Crippen molar-refractivity contribution >= 4 is 5.69 Å². The van der Waals surface area contributed by atoms with Crippen LogP contribution in [-0.2, 0) is 13.5 Å². The third kappa shape index (κ3) is 2.33. The van der Waals surface area contributed by atoms with Crippen molar-refractivity contribution < 1.29 is 0 Å². The lowest BCUT2D eigenvalue weighted by molar-refractivity contribution is 0.580. The number of aromatic nitrogens is 2. The Bertz CT molecular complexity index is 600. The summed E-state index contributed by atoms with van der Waals surface area (Å²) in [6.07, 6.45) is 7.69. The van der Waals surface area contributed by atoms with Crippen LogP contribution in [0.15, 0.2) is 30.6 Å². The van der Waals surface area contributed by atoms with Crippen molar-refractivity contribution in [2.45, 2.75) is 39.2 Å². The number of aryl methyl sites for hydroxylation is 2. The zero-order valence-corrected chi connectivity index (χ0v) is 12.6. The Hall–Kier alpha value is -1.77. The van der Waals surface area contributed by atoms with E-state index in [4.69, 9.17) is 0 Å². The van der Waals surface area contributed by atoms with Gasteiger partial charge in [-0.2, -0.15) is 5.10 Å². The van der Waals surface area contributed by atoms with Gasteiger partial charge in [0, 0.05) is 37.1 Å². The van der Waals surface area contributed by atoms with Gasteiger partial charge in [0.15, 0.2) is 0 Å². The first kappa shape index (κ1) is 13.2. The van der Waals surface area contributed by atoms with Crippen LogP contribution in [0.4, 0.5) is 5.69 Å². The van der Waals surface area contributed by atoms with Crippen LogP contribution in [0.5, 0.6) is 0 Å². The van der Waals surface area contributed by atoms with Crippen molar-refractivity contribution in [2.24, 2.45) is 7.05 Å². The average Bonchev–Trinajstić information content (AvgIpc) is 2.92. The first-order chi connectivity index (χ1) is 9.69. The van der Waals surface area contributed by atoms with Crippen LogP contribution in [0.3, 0.4) is 0 Å². The average molecular weight is 269 g/mol. The molecule has 0 saturated carbocycles. The molecule has 0 amide bonds. The van der Waals surface area contributed by atoms with Crippen LogP contribution < -0.4 is 4.90 Å². The molecule has 0 N–H and O–H groups in total. The molecule has 0 fully saturated rings. The van der Waals surface area contributed by atoms with E-state index in [1.54, 1.807) is 0 Å². The van der Waals surface area contributed by atoms with E-state index in [-0.39, 0.29) is 0 Å². The van der Waals surface area contributed by atoms with Crippen molar-refractivity contribution in [1.29, 1.82) is 0 Å². The molecule has 3 rings (SSSR count). The number of hydrogen-bond acceptors (Lipinski definition) is 2. The summed E-state index contributed by atoms with van der Waals surface area (Å²) >= 11 is 0. The zero-order chi connectivity index (χ0) is 14.1. The van der Waals surface area contributed by atoms with Gasteiger partial charge in [0.2, 0.25) is 0 Å². The van der Waals surface area contributed by atoms with E-state index in [1.165, 1.54) is 48.2 Å². The fourth-order valence-corrected chi connectivity index (χ4v) is 3.03. The smallest absolute Gasteiger partial charge is 0.0568 e. The Kier molecular flexibility index (Phi) is 3.51. The van der Waals surface area contributed by atoms with E-state index >= 15 is 0 Å². The second kappa shape index (κ2) is 5.31. The maximum Gasteiger partial charge on any atom is 0.0568 e. The van der Waals surface area contributed by atoms with Gasteiger partial charge in [0.05, 0.1) is 6.20 Å². The summed E-state index contributed by atoms with van der Waals surface area (Å²) in [4.78, 5) is 2.57. The summed E-state index contributed by atoms with van der Waals surface area (Å²) < 4.78 is 1.86. The highest BCUT2D eigenvalue weighted by Gasteiger charge is 2.21. The lowest BCUT2D eigenvalue weighted by Gasteiger charge is -2.36. The van der Waals surface area contributed by atoms with Gasteiger partial charge in [-0.05, 0) is 43.4 Å². The van der Waals surface area contributed by atoms with Gasteiger partial charge in [0.25, 0.3) is 0 Å². The molecule has 0 spiro atoms. The minimum atomic E-state index is 0.609. The van der Waals surface area contributed by atoms with E-state index in [9.17, 15) is 0 Å². The Morgan fingerprint density at radius 3 is 2.85 bits per heavy atom. The van der Waals surface area contributed by atoms with E-state index in [0.717, 1.165) is 0 Å². The number of anilines is 1. The minimum Gasteiger partial charge on any atom is -0.369 e. The molecule has 0 aliphatic carbocycles. The number of benzene rings is 1. The molecule has 2 aromatic rings. The number of nitrogens with zero attached hydrogens (tertiary/aromatic N) is 3. The van der Waals surface area contributed by atoms with Crippen molar-refractivity contribution in [2.75, 3.05) is 11.4 Å². The van der Waals surface area contributed by atoms with Crippen molar-refractivity contribution in [1.82, 2.24) is 9.78 Å². The summed E-state index contributed by atoms with van der Waals surface area (Å²) in [5.74, 6) is 0. The fraction of sp³-hybridized carbons (Fsp3) is 0.471. The van der Waals surface area contributed by atoms with Crippen LogP contribution in [0.2, 0.25) is 0 Å². The van der Waals surface area contributed by atoms with Gasteiger partial charge >= 0.3 is 0 Å². The Morgan fingerprint density at radius 1 is 1.30 bits per heavy atom. The standard InChI is InChI=1S/C17H23N3/c1-4-13(2)20-9-5-6-14-7-8-15(10-17(14)20)16-11-18-19(3)12-16/h7-8,10-13H,4-6,9H2,1-3H3. The summed E-state index contributed by atoms with van der Waals surface area (Å²) in [6.45, 7) is 5.77. The van der Waals surface area contributed by atoms with Gasteiger partial charge in [-0.15, -0.1) is 0 Å². The van der Waals surface area contributed by atoms with E-state index in [0.29, 0.717) is 6.04 Å². The molecule has 1 aliphatic heterocycles. The molecule has 1 aromatic carbocycles. The molecule has 0 bridgehead atoms. The maximum atomic E-state index is 4.28. The predicted molar refractivity (Wildman–Crippen MR) is 84.1 cm³/mol. The topological polar surface area (TPSA) is 21.1 Å². The van der Waals surface area contributed by atoms with Gasteiger partial charge in [-0.25, -0.2) is 0 Å². The van der Waals surface area contributed by atoms with E-state index < -0.39 is 0 Å². The van der Waals surface area contributed by atoms with Gasteiger partial charge < -0.3 is 4.90 Å². The second-order valence-electron chi connectivity index (χ2n) is 5.80. The monoisotopic (exact) mass is 269 g/mol. The Labute approximate surface area is 121 Å². The highest BCUT2D eigenvalue weighted by Crippen LogP contribution is 2.33. The largest absolute Gasteiger partial charge is 0.369 e. The molecule has 0 saturated heterocycles. The van der Waals surface area contributed by atoms with E-state index in [1.807, 2.05) is 17.9 Å². The van der Waals surface area contributed by atoms with Crippen molar-refractivity contribution in [3.8, 4) is 11.1 Å². The Balaban J connectivity index is 2.01. The van der Waals surface area contributed by atoms with Crippen LogP contribution in [0, 0.1) is 0 Å². The molecule has 106 valence electrons. The fourth-order valence-electron chi connectivity index (χ4n) is 3.03. The summed E-state index contributed by atoms with van der Waals surface area (Å²) in [6, 6.07) is 7.48. The van der Waals surface area contributed by atoms with Crippen LogP contribution in [0.1, 0.15) is 32.3 Å². The van der Waals surface area contributed by atoms with E-state index in [2.05, 4.69) is 48.2 Å². The predicted octanol–water partition coefficient (Wildman–Crippen LogP) is 3.64. The summed E-state index contributed by atoms with van der Waals surface area (Å²) in [7, 11) is 1.97. The first-order valence-electron chi connectivity index (χ1n) is 7.57. The van der Waals surface area contributed by atoms with Gasteiger partial charge in [-0.1, -0.05) is 19.1 Å². The second-order valence-corrected chi connectivity index (χ2v) is 5.80. The zero-order valence-electron chi connectivity index (χ0n) is 12.6. The summed E-state index contributed by atoms with van der Waals surface area (Å²) in [5.41, 5.74) is 5.38. The molecule has 1 aliphatic rings. The normalized spacial score (nSPS) is 16.1. The van der Waals surface area contributed by atoms with Crippen LogP contribution in [0.25, 0.3) is 11.1 Å². The quantitative estimate of drug-likeness (QED) is 0.848. The molecule has 1 atom stereocenters. The highest BCUT2D eigenvalue weighted by molar-refractivity contribution is 5.70. The molecule has 2 heterocycles. The van der Waals surface area contributed by atoms with Crippen molar-refractivity contribution in [3.63, 3.8) is 0 Å². The first-order valence-corrected chi connectivity index (χ1v) is 7.57. The number of hydrogen-bond donors (Lipinski definition) is 0. The molecule has 20 heavy (non-hydrogen) atoms. The van der Waals surface area contributed by atoms with Crippen molar-refractivity contribution in [3.05, 3.63) is 36.2 Å². The molecule has 1 aromatic heterocycles. The number of fused-ring (bicyclic) bond motifs is 1. The molecule has 3 nitrogen and oxygen atoms in total. The molecule has 0 radical (unpaired) electrons. The molecular formula is C17H23N3. The van der Waals surface area contributed by atoms with Gasteiger partial charge in [0.1, 0.15) is 0 Å². The third-order valence-corrected chi connectivity index (χ3v) is 4.40. The van der Waals surface area contributed by atoms with Crippen LogP contribution >= 0.6 is 0 Å². The lowest BCUT2D eigenvalue weighted by atomic mass is 9.96. The maximum absolute atomic E-state index is 4.28. The van der Waals surface area contributed by atoms with Gasteiger partial charge in [-0.3, -0.25) is 4.68 Å². The third-order valence-electron chi connectivity index (χ3n) is 4.40. The molecular weight excluding hydrogens is 246 g/mol. The minimum absolute atomic E-state index is 0.609. The number of rotatable bonds is 3. The summed E-state index contributed by atoms with van der Waals surface area (Å²) in [5, 5.41) is 4.28. The molecule has 1 unspecified atom stereocenters. The lowest BCUT2D eigenvalue weighted by Crippen LogP contribution is -2.36. The Morgan fingerprint density at radius 2 is 2.15 bits per heavy atom. The SMILES string of the molecule is CCC(C)N1CCCc2ccc(-c3cnn(C)c3)cc21.